The summed E-state index contributed by atoms with van der Waals surface area (Å²) in [4.78, 5) is 16.1. The number of hydrogen-bond donors (Lipinski definition) is 1. The van der Waals surface area contributed by atoms with E-state index in [4.69, 9.17) is 4.42 Å². The van der Waals surface area contributed by atoms with Crippen molar-refractivity contribution in [2.75, 3.05) is 5.32 Å². The fraction of sp³-hybridized carbons (Fsp3) is 0.286. The van der Waals surface area contributed by atoms with Crippen molar-refractivity contribution in [1.82, 2.24) is 4.98 Å². The van der Waals surface area contributed by atoms with Gasteiger partial charge in [0, 0.05) is 12.0 Å². The monoisotopic (exact) mass is 280 g/mol. The Balaban J connectivity index is 2.26. The summed E-state index contributed by atoms with van der Waals surface area (Å²) >= 11 is 0. The summed E-state index contributed by atoms with van der Waals surface area (Å²) in [7, 11) is 0. The van der Waals surface area contributed by atoms with Crippen LogP contribution in [0.25, 0.3) is 0 Å². The highest BCUT2D eigenvalue weighted by molar-refractivity contribution is 6.03. The Bertz CT molecular complexity index is 651. The van der Waals surface area contributed by atoms with Gasteiger partial charge in [-0.1, -0.05) is 13.8 Å². The van der Waals surface area contributed by atoms with Crippen LogP contribution < -0.4 is 5.32 Å². The maximum atomic E-state index is 13.5. The summed E-state index contributed by atoms with van der Waals surface area (Å²) in [6, 6.07) is 2.83. The average molecular weight is 280 g/mol. The molecule has 1 amide bonds. The molecule has 0 spiro atoms. The molecule has 1 aromatic heterocycles. The van der Waals surface area contributed by atoms with Crippen LogP contribution in [0, 0.1) is 18.6 Å². The van der Waals surface area contributed by atoms with Crippen LogP contribution in [0.1, 0.15) is 41.9 Å². The van der Waals surface area contributed by atoms with Gasteiger partial charge in [-0.3, -0.25) is 4.79 Å². The number of aryl methyl sites for hydroxylation is 1. The molecule has 0 aliphatic rings. The maximum Gasteiger partial charge on any atom is 0.277 e. The predicted octanol–water partition coefficient (Wildman–Crippen LogP) is 3.64. The topological polar surface area (TPSA) is 55.1 Å². The third-order valence-corrected chi connectivity index (χ3v) is 2.70. The zero-order chi connectivity index (χ0) is 14.9. The average Bonchev–Trinajstić information content (AvgIpc) is 2.76. The van der Waals surface area contributed by atoms with E-state index in [0.29, 0.717) is 11.7 Å². The Morgan fingerprint density at radius 1 is 1.35 bits per heavy atom. The molecule has 0 atom stereocenters. The van der Waals surface area contributed by atoms with E-state index in [1.807, 2.05) is 13.8 Å². The van der Waals surface area contributed by atoms with E-state index in [1.165, 1.54) is 0 Å². The molecule has 20 heavy (non-hydrogen) atoms. The quantitative estimate of drug-likeness (QED) is 0.933. The first kappa shape index (κ1) is 14.2. The number of aromatic nitrogens is 1. The summed E-state index contributed by atoms with van der Waals surface area (Å²) in [5.41, 5.74) is -0.166. The molecule has 4 nitrogen and oxygen atoms in total. The van der Waals surface area contributed by atoms with Gasteiger partial charge in [-0.05, 0) is 19.1 Å². The molecule has 0 aliphatic carbocycles. The van der Waals surface area contributed by atoms with E-state index in [0.717, 1.165) is 18.2 Å². The highest BCUT2D eigenvalue weighted by Crippen LogP contribution is 2.20. The van der Waals surface area contributed by atoms with Crippen LogP contribution in [0.5, 0.6) is 0 Å². The fourth-order valence-corrected chi connectivity index (χ4v) is 1.65. The summed E-state index contributed by atoms with van der Waals surface area (Å²) < 4.78 is 31.8. The van der Waals surface area contributed by atoms with Crippen molar-refractivity contribution in [3.63, 3.8) is 0 Å². The van der Waals surface area contributed by atoms with Gasteiger partial charge in [-0.15, -0.1) is 0 Å². The van der Waals surface area contributed by atoms with Crippen LogP contribution in [-0.4, -0.2) is 10.9 Å². The van der Waals surface area contributed by atoms with Crippen molar-refractivity contribution in [3.8, 4) is 0 Å². The molecular weight excluding hydrogens is 266 g/mol. The molecule has 0 unspecified atom stereocenters. The van der Waals surface area contributed by atoms with Crippen LogP contribution in [-0.2, 0) is 0 Å². The van der Waals surface area contributed by atoms with Gasteiger partial charge in [0.2, 0.25) is 0 Å². The number of nitrogens with zero attached hydrogens (tertiary/aromatic N) is 1. The lowest BCUT2D eigenvalue weighted by Crippen LogP contribution is -2.15. The van der Waals surface area contributed by atoms with Gasteiger partial charge in [0.1, 0.15) is 17.4 Å². The minimum Gasteiger partial charge on any atom is -0.445 e. The molecule has 6 heteroatoms. The number of carbonyl (C=O) groups excluding carboxylic acids is 1. The number of rotatable bonds is 3. The second kappa shape index (κ2) is 5.40. The SMILES string of the molecule is Cc1oc(C(C)C)nc1C(=O)Nc1cc(F)ccc1F. The molecule has 0 aliphatic heterocycles. The highest BCUT2D eigenvalue weighted by Gasteiger charge is 2.19. The fourth-order valence-electron chi connectivity index (χ4n) is 1.65. The Morgan fingerprint density at radius 2 is 2.05 bits per heavy atom. The zero-order valence-corrected chi connectivity index (χ0v) is 11.3. The number of carbonyl (C=O) groups is 1. The molecule has 2 aromatic rings. The van der Waals surface area contributed by atoms with Crippen molar-refractivity contribution in [3.05, 3.63) is 47.2 Å². The summed E-state index contributed by atoms with van der Waals surface area (Å²) in [5, 5.41) is 2.28. The van der Waals surface area contributed by atoms with Gasteiger partial charge in [0.15, 0.2) is 11.6 Å². The van der Waals surface area contributed by atoms with Gasteiger partial charge >= 0.3 is 0 Å². The lowest BCUT2D eigenvalue weighted by Gasteiger charge is -2.04. The molecule has 0 fully saturated rings. The van der Waals surface area contributed by atoms with E-state index in [9.17, 15) is 13.6 Å². The zero-order valence-electron chi connectivity index (χ0n) is 11.3. The molecule has 0 saturated carbocycles. The van der Waals surface area contributed by atoms with Crippen LogP contribution in [0.15, 0.2) is 22.6 Å². The summed E-state index contributed by atoms with van der Waals surface area (Å²) in [6.07, 6.45) is 0. The lowest BCUT2D eigenvalue weighted by atomic mass is 10.2. The largest absolute Gasteiger partial charge is 0.445 e. The van der Waals surface area contributed by atoms with Crippen LogP contribution in [0.2, 0.25) is 0 Å². The second-order valence-electron chi connectivity index (χ2n) is 4.69. The summed E-state index contributed by atoms with van der Waals surface area (Å²) in [6.45, 7) is 5.34. The predicted molar refractivity (Wildman–Crippen MR) is 69.6 cm³/mol. The van der Waals surface area contributed by atoms with Crippen molar-refractivity contribution >= 4 is 11.6 Å². The lowest BCUT2D eigenvalue weighted by molar-refractivity contribution is 0.102. The second-order valence-corrected chi connectivity index (χ2v) is 4.69. The number of anilines is 1. The number of amides is 1. The molecule has 1 heterocycles. The number of hydrogen-bond acceptors (Lipinski definition) is 3. The minimum atomic E-state index is -0.718. The van der Waals surface area contributed by atoms with E-state index in [2.05, 4.69) is 10.3 Å². The number of benzene rings is 1. The van der Waals surface area contributed by atoms with E-state index >= 15 is 0 Å². The molecule has 0 bridgehead atoms. The molecule has 2 rings (SSSR count). The molecule has 1 N–H and O–H groups in total. The van der Waals surface area contributed by atoms with Gasteiger partial charge in [0.25, 0.3) is 5.91 Å². The molecule has 106 valence electrons. The smallest absolute Gasteiger partial charge is 0.277 e. The number of nitrogens with one attached hydrogen (secondary N) is 1. The Labute approximate surface area is 114 Å². The Hall–Kier alpha value is -2.24. The summed E-state index contributed by atoms with van der Waals surface area (Å²) in [5.74, 6) is -1.20. The first-order valence-electron chi connectivity index (χ1n) is 6.12. The van der Waals surface area contributed by atoms with E-state index in [-0.39, 0.29) is 17.3 Å². The van der Waals surface area contributed by atoms with Crippen molar-refractivity contribution in [1.29, 1.82) is 0 Å². The first-order chi connectivity index (χ1) is 9.38. The third-order valence-electron chi connectivity index (χ3n) is 2.70. The molecule has 0 saturated heterocycles. The van der Waals surface area contributed by atoms with Crippen LogP contribution >= 0.6 is 0 Å². The Morgan fingerprint density at radius 3 is 2.65 bits per heavy atom. The van der Waals surface area contributed by atoms with Gasteiger partial charge < -0.3 is 9.73 Å². The van der Waals surface area contributed by atoms with Crippen LogP contribution in [0.4, 0.5) is 14.5 Å². The van der Waals surface area contributed by atoms with Gasteiger partial charge in [-0.25, -0.2) is 13.8 Å². The van der Waals surface area contributed by atoms with Crippen LogP contribution in [0.3, 0.4) is 0 Å². The van der Waals surface area contributed by atoms with Gasteiger partial charge in [-0.2, -0.15) is 0 Å². The molecule has 1 aromatic carbocycles. The normalized spacial score (nSPS) is 10.9. The molecular formula is C14H14F2N2O2. The van der Waals surface area contributed by atoms with Crippen molar-refractivity contribution in [2.45, 2.75) is 26.7 Å². The minimum absolute atomic E-state index is 0.0288. The van der Waals surface area contributed by atoms with Gasteiger partial charge in [0.05, 0.1) is 5.69 Å². The highest BCUT2D eigenvalue weighted by atomic mass is 19.1. The van der Waals surface area contributed by atoms with Crippen molar-refractivity contribution in [2.24, 2.45) is 0 Å². The molecule has 0 radical (unpaired) electrons. The number of oxazole rings is 1. The first-order valence-corrected chi connectivity index (χ1v) is 6.12. The van der Waals surface area contributed by atoms with E-state index in [1.54, 1.807) is 6.92 Å². The van der Waals surface area contributed by atoms with E-state index < -0.39 is 17.5 Å². The van der Waals surface area contributed by atoms with Crippen molar-refractivity contribution < 1.29 is 18.0 Å². The standard InChI is InChI=1S/C14H14F2N2O2/c1-7(2)14-18-12(8(3)20-14)13(19)17-11-6-9(15)4-5-10(11)16/h4-7H,1-3H3,(H,17,19). The third kappa shape index (κ3) is 2.84. The number of halogens is 2. The Kier molecular flexibility index (Phi) is 3.83. The maximum absolute atomic E-state index is 13.5.